The predicted octanol–water partition coefficient (Wildman–Crippen LogP) is 10.4. The Balaban J connectivity index is 1.45. The van der Waals surface area contributed by atoms with Crippen LogP contribution < -0.4 is 0 Å². The van der Waals surface area contributed by atoms with Gasteiger partial charge in [-0.25, -0.2) is 0 Å². The molecule has 0 unspecified atom stereocenters. The van der Waals surface area contributed by atoms with E-state index in [0.717, 1.165) is 43.5 Å². The Kier molecular flexibility index (Phi) is 4.36. The van der Waals surface area contributed by atoms with Crippen molar-refractivity contribution >= 4 is 86.3 Å². The summed E-state index contributed by atoms with van der Waals surface area (Å²) >= 11 is 3.56. The van der Waals surface area contributed by atoms with E-state index in [0.29, 0.717) is 0 Å². The number of furan rings is 1. The molecule has 5 aromatic heterocycles. The van der Waals surface area contributed by atoms with Gasteiger partial charge in [-0.15, -0.1) is 22.7 Å². The van der Waals surface area contributed by atoms with Crippen LogP contribution in [0.25, 0.3) is 85.9 Å². The lowest BCUT2D eigenvalue weighted by atomic mass is 9.93. The highest BCUT2D eigenvalue weighted by Crippen LogP contribution is 2.46. The smallest absolute Gasteiger partial charge is 0.143 e. The van der Waals surface area contributed by atoms with Crippen LogP contribution in [0.1, 0.15) is 0 Å². The van der Waals surface area contributed by atoms with Crippen LogP contribution in [-0.4, -0.2) is 9.97 Å². The highest BCUT2D eigenvalue weighted by atomic mass is 32.1. The van der Waals surface area contributed by atoms with Crippen LogP contribution >= 0.6 is 22.7 Å². The molecule has 3 nitrogen and oxygen atoms in total. The van der Waals surface area contributed by atoms with Gasteiger partial charge in [-0.3, -0.25) is 9.97 Å². The average Bonchev–Trinajstić information content (AvgIpc) is 3.72. The van der Waals surface area contributed by atoms with E-state index >= 15 is 0 Å². The monoisotopic (exact) mass is 534 g/mol. The summed E-state index contributed by atoms with van der Waals surface area (Å²) in [4.78, 5) is 9.01. The van der Waals surface area contributed by atoms with Crippen LogP contribution in [0.15, 0.2) is 113 Å². The SMILES string of the molecule is c1ccc2c(-c3cc4c5cc(-c6csc7ccccc67)c6cnccc6c5oc4c4ccncc34)csc2c1. The van der Waals surface area contributed by atoms with Crippen LogP contribution in [0, 0.1) is 0 Å². The van der Waals surface area contributed by atoms with Crippen LogP contribution in [0.5, 0.6) is 0 Å². The molecule has 0 atom stereocenters. The maximum atomic E-state index is 6.75. The molecule has 0 saturated heterocycles. The normalized spacial score (nSPS) is 12.1. The minimum Gasteiger partial charge on any atom is -0.455 e. The van der Waals surface area contributed by atoms with Crippen LogP contribution in [0.4, 0.5) is 0 Å². The van der Waals surface area contributed by atoms with Gasteiger partial charge in [-0.1, -0.05) is 36.4 Å². The highest BCUT2D eigenvalue weighted by molar-refractivity contribution is 7.18. The van der Waals surface area contributed by atoms with E-state index < -0.39 is 0 Å². The Morgan fingerprint density at radius 3 is 1.46 bits per heavy atom. The molecule has 0 amide bonds. The summed E-state index contributed by atoms with van der Waals surface area (Å²) in [6.07, 6.45) is 7.65. The summed E-state index contributed by atoms with van der Waals surface area (Å²) in [5.41, 5.74) is 6.64. The van der Waals surface area contributed by atoms with Crippen molar-refractivity contribution in [2.45, 2.75) is 0 Å². The average molecular weight is 535 g/mol. The second kappa shape index (κ2) is 7.96. The number of nitrogens with zero attached hydrogens (tertiary/aromatic N) is 2. The van der Waals surface area contributed by atoms with E-state index in [2.05, 4.69) is 93.5 Å². The Labute approximate surface area is 230 Å². The molecule has 0 aliphatic carbocycles. The minimum absolute atomic E-state index is 0.899. The number of aromatic nitrogens is 2. The topological polar surface area (TPSA) is 38.9 Å². The third kappa shape index (κ3) is 2.97. The first-order chi connectivity index (χ1) is 19.3. The molecule has 0 radical (unpaired) electrons. The van der Waals surface area contributed by atoms with Crippen molar-refractivity contribution in [3.05, 3.63) is 108 Å². The number of benzene rings is 4. The fraction of sp³-hybridized carbons (Fsp3) is 0. The molecular weight excluding hydrogens is 517 g/mol. The molecule has 39 heavy (non-hydrogen) atoms. The van der Waals surface area contributed by atoms with Crippen molar-refractivity contribution in [1.29, 1.82) is 0 Å². The summed E-state index contributed by atoms with van der Waals surface area (Å²) in [6.45, 7) is 0. The van der Waals surface area contributed by atoms with Gasteiger partial charge >= 0.3 is 0 Å². The van der Waals surface area contributed by atoms with Crippen molar-refractivity contribution in [3.8, 4) is 22.3 Å². The lowest BCUT2D eigenvalue weighted by molar-refractivity contribution is 0.676. The molecule has 0 fully saturated rings. The van der Waals surface area contributed by atoms with Gasteiger partial charge in [0.1, 0.15) is 11.2 Å². The lowest BCUT2D eigenvalue weighted by Crippen LogP contribution is -1.84. The van der Waals surface area contributed by atoms with Gasteiger partial charge in [0.25, 0.3) is 0 Å². The zero-order valence-electron chi connectivity index (χ0n) is 20.5. The van der Waals surface area contributed by atoms with Crippen molar-refractivity contribution in [1.82, 2.24) is 9.97 Å². The molecule has 0 spiro atoms. The molecule has 5 heterocycles. The summed E-state index contributed by atoms with van der Waals surface area (Å²) in [5.74, 6) is 0. The Hall–Kier alpha value is -4.58. The number of thiophene rings is 2. The van der Waals surface area contributed by atoms with Gasteiger partial charge in [0.15, 0.2) is 0 Å². The number of fused-ring (bicyclic) bond motifs is 9. The van der Waals surface area contributed by atoms with Crippen LogP contribution in [0.2, 0.25) is 0 Å². The fourth-order valence-electron chi connectivity index (χ4n) is 6.02. The van der Waals surface area contributed by atoms with Gasteiger partial charge < -0.3 is 4.42 Å². The summed E-state index contributed by atoms with van der Waals surface area (Å²) in [6, 6.07) is 26.0. The first kappa shape index (κ1) is 21.4. The second-order valence-corrected chi connectivity index (χ2v) is 11.7. The predicted molar refractivity (Wildman–Crippen MR) is 166 cm³/mol. The van der Waals surface area contributed by atoms with Crippen LogP contribution in [-0.2, 0) is 0 Å². The quantitative estimate of drug-likeness (QED) is 0.221. The lowest BCUT2D eigenvalue weighted by Gasteiger charge is -2.08. The molecule has 0 aliphatic heterocycles. The number of pyridine rings is 2. The largest absolute Gasteiger partial charge is 0.455 e. The van der Waals surface area contributed by atoms with Gasteiger partial charge in [0.2, 0.25) is 0 Å². The summed E-state index contributed by atoms with van der Waals surface area (Å²) in [5, 5.41) is 13.7. The highest BCUT2D eigenvalue weighted by Gasteiger charge is 2.21. The Bertz CT molecular complexity index is 2240. The van der Waals surface area contributed by atoms with Crippen LogP contribution in [0.3, 0.4) is 0 Å². The second-order valence-electron chi connectivity index (χ2n) is 9.84. The molecule has 0 saturated carbocycles. The van der Waals surface area contributed by atoms with Crippen molar-refractivity contribution in [2.24, 2.45) is 0 Å². The molecule has 182 valence electrons. The van der Waals surface area contributed by atoms with Crippen molar-refractivity contribution < 1.29 is 4.42 Å². The van der Waals surface area contributed by atoms with E-state index in [9.17, 15) is 0 Å². The maximum Gasteiger partial charge on any atom is 0.143 e. The van der Waals surface area contributed by atoms with Gasteiger partial charge in [0, 0.05) is 88.4 Å². The molecule has 9 aromatic rings. The zero-order valence-corrected chi connectivity index (χ0v) is 22.1. The molecular formula is C34H18N2OS2. The number of hydrogen-bond acceptors (Lipinski definition) is 5. The molecule has 0 aliphatic rings. The molecule has 0 bridgehead atoms. The van der Waals surface area contributed by atoms with E-state index in [1.807, 2.05) is 24.8 Å². The van der Waals surface area contributed by atoms with Gasteiger partial charge in [-0.2, -0.15) is 0 Å². The molecule has 0 N–H and O–H groups in total. The van der Waals surface area contributed by atoms with E-state index in [1.54, 1.807) is 22.7 Å². The van der Waals surface area contributed by atoms with Gasteiger partial charge in [0.05, 0.1) is 0 Å². The molecule has 4 aromatic carbocycles. The van der Waals surface area contributed by atoms with Crippen molar-refractivity contribution in [3.63, 3.8) is 0 Å². The first-order valence-corrected chi connectivity index (χ1v) is 14.5. The summed E-state index contributed by atoms with van der Waals surface area (Å²) in [7, 11) is 0. The fourth-order valence-corrected chi connectivity index (χ4v) is 7.94. The Morgan fingerprint density at radius 1 is 0.462 bits per heavy atom. The third-order valence-electron chi connectivity index (χ3n) is 7.81. The van der Waals surface area contributed by atoms with E-state index in [4.69, 9.17) is 4.42 Å². The van der Waals surface area contributed by atoms with Gasteiger partial charge in [-0.05, 0) is 58.3 Å². The standard InChI is InChI=1S/C34H18N2OS2/c1-3-7-31-19(5-1)29(17-38-31)23-13-25-26-14-24(30-18-39-32-8-4-2-6-20(30)32)28-16-36-12-10-22(28)34(26)37-33(25)21-9-11-35-15-27(21)23/h1-18H. The van der Waals surface area contributed by atoms with E-state index in [-0.39, 0.29) is 0 Å². The zero-order chi connectivity index (χ0) is 25.5. The maximum absolute atomic E-state index is 6.75. The summed E-state index contributed by atoms with van der Waals surface area (Å²) < 4.78 is 9.32. The van der Waals surface area contributed by atoms with Crippen molar-refractivity contribution in [2.75, 3.05) is 0 Å². The minimum atomic E-state index is 0.899. The number of hydrogen-bond donors (Lipinski definition) is 0. The molecule has 5 heteroatoms. The first-order valence-electron chi connectivity index (χ1n) is 12.8. The van der Waals surface area contributed by atoms with E-state index in [1.165, 1.54) is 42.4 Å². The Morgan fingerprint density at radius 2 is 0.949 bits per heavy atom. The number of rotatable bonds is 2. The molecule has 9 rings (SSSR count). The third-order valence-corrected chi connectivity index (χ3v) is 9.74.